The summed E-state index contributed by atoms with van der Waals surface area (Å²) in [6.45, 7) is -0.861. The van der Waals surface area contributed by atoms with Crippen molar-refractivity contribution in [2.75, 3.05) is 0 Å². The summed E-state index contributed by atoms with van der Waals surface area (Å²) in [6, 6.07) is 5.31. The molecular formula is C17H8F6N4O. The van der Waals surface area contributed by atoms with Crippen LogP contribution in [0.5, 0.6) is 5.75 Å². The Balaban J connectivity index is 2.01. The van der Waals surface area contributed by atoms with Crippen LogP contribution in [0.2, 0.25) is 0 Å². The number of aromatic amines is 1. The number of H-pyrrole nitrogens is 1. The zero-order valence-corrected chi connectivity index (χ0v) is 13.6. The molecule has 3 rings (SSSR count). The lowest BCUT2D eigenvalue weighted by Crippen LogP contribution is -2.08. The van der Waals surface area contributed by atoms with Crippen molar-refractivity contribution in [2.45, 2.75) is 12.8 Å². The lowest BCUT2D eigenvalue weighted by Gasteiger charge is -2.13. The van der Waals surface area contributed by atoms with Gasteiger partial charge in [0.1, 0.15) is 29.9 Å². The summed E-state index contributed by atoms with van der Waals surface area (Å²) in [5.41, 5.74) is -2.51. The number of hydrogen-bond acceptors (Lipinski definition) is 4. The van der Waals surface area contributed by atoms with Crippen LogP contribution in [0.25, 0.3) is 11.3 Å². The molecule has 0 spiro atoms. The fourth-order valence-electron chi connectivity index (χ4n) is 2.35. The van der Waals surface area contributed by atoms with Gasteiger partial charge in [-0.2, -0.15) is 28.7 Å². The van der Waals surface area contributed by atoms with Gasteiger partial charge in [0.15, 0.2) is 17.3 Å². The fraction of sp³-hybridized carbons (Fsp3) is 0.118. The minimum absolute atomic E-state index is 0.157. The predicted octanol–water partition coefficient (Wildman–Crippen LogP) is 4.36. The van der Waals surface area contributed by atoms with Gasteiger partial charge in [0.05, 0.1) is 11.1 Å². The minimum Gasteiger partial charge on any atom is -0.489 e. The maximum absolute atomic E-state index is 13.7. The Kier molecular flexibility index (Phi) is 4.96. The number of hydrogen-bond donors (Lipinski definition) is 1. The number of halogens is 6. The van der Waals surface area contributed by atoms with Gasteiger partial charge >= 0.3 is 6.18 Å². The quantitative estimate of drug-likeness (QED) is 0.524. The highest BCUT2D eigenvalue weighted by Crippen LogP contribution is 2.36. The molecule has 11 heteroatoms. The van der Waals surface area contributed by atoms with Crippen LogP contribution in [0, 0.1) is 28.8 Å². The molecule has 1 aromatic heterocycles. The van der Waals surface area contributed by atoms with E-state index in [0.29, 0.717) is 18.2 Å². The van der Waals surface area contributed by atoms with Crippen LogP contribution in [0.3, 0.4) is 0 Å². The van der Waals surface area contributed by atoms with Crippen molar-refractivity contribution >= 4 is 0 Å². The fourth-order valence-corrected chi connectivity index (χ4v) is 2.35. The third-order valence-electron chi connectivity index (χ3n) is 3.68. The number of aromatic nitrogens is 3. The molecule has 1 N–H and O–H groups in total. The van der Waals surface area contributed by atoms with Gasteiger partial charge in [-0.25, -0.2) is 13.2 Å². The molecule has 0 aliphatic carbocycles. The zero-order valence-electron chi connectivity index (χ0n) is 13.6. The van der Waals surface area contributed by atoms with Gasteiger partial charge in [0, 0.05) is 5.56 Å². The van der Waals surface area contributed by atoms with Crippen LogP contribution >= 0.6 is 0 Å². The third-order valence-corrected chi connectivity index (χ3v) is 3.68. The topological polar surface area (TPSA) is 74.6 Å². The van der Waals surface area contributed by atoms with Gasteiger partial charge in [0.25, 0.3) is 0 Å². The molecule has 0 bridgehead atoms. The van der Waals surface area contributed by atoms with Crippen molar-refractivity contribution < 1.29 is 31.1 Å². The first-order valence-corrected chi connectivity index (χ1v) is 7.49. The van der Waals surface area contributed by atoms with Crippen molar-refractivity contribution in [3.05, 3.63) is 64.6 Å². The number of rotatable bonds is 4. The Hall–Kier alpha value is -3.55. The first kappa shape index (κ1) is 19.2. The molecule has 0 atom stereocenters. The Morgan fingerprint density at radius 1 is 1.04 bits per heavy atom. The first-order chi connectivity index (χ1) is 13.2. The molecular weight excluding hydrogens is 390 g/mol. The SMILES string of the molecule is N#Cc1n[nH]nc1-c1cc(OCc2c(F)ccc(F)c2F)cc(C(F)(F)F)c1. The summed E-state index contributed by atoms with van der Waals surface area (Å²) >= 11 is 0. The standard InChI is InChI=1S/C17H8F6N4O/c18-12-1-2-13(19)15(20)11(12)7-28-10-4-8(3-9(5-10)17(21,22)23)16-14(6-24)25-27-26-16/h1-5H,7H2,(H,25,26,27). The molecule has 0 saturated heterocycles. The van der Waals surface area contributed by atoms with Gasteiger partial charge in [0.2, 0.25) is 0 Å². The molecule has 2 aromatic carbocycles. The summed E-state index contributed by atoms with van der Waals surface area (Å²) in [4.78, 5) is 0. The highest BCUT2D eigenvalue weighted by molar-refractivity contribution is 5.67. The number of ether oxygens (including phenoxy) is 1. The molecule has 0 amide bonds. The van der Waals surface area contributed by atoms with Crippen LogP contribution in [-0.2, 0) is 12.8 Å². The Morgan fingerprint density at radius 2 is 1.75 bits per heavy atom. The van der Waals surface area contributed by atoms with E-state index in [4.69, 9.17) is 10.00 Å². The third kappa shape index (κ3) is 3.75. The molecule has 1 heterocycles. The van der Waals surface area contributed by atoms with Crippen molar-refractivity contribution in [1.82, 2.24) is 15.4 Å². The minimum atomic E-state index is -4.78. The Bertz CT molecular complexity index is 1070. The van der Waals surface area contributed by atoms with Gasteiger partial charge in [-0.1, -0.05) is 0 Å². The van der Waals surface area contributed by atoms with Crippen molar-refractivity contribution in [3.63, 3.8) is 0 Å². The predicted molar refractivity (Wildman–Crippen MR) is 82.2 cm³/mol. The van der Waals surface area contributed by atoms with Gasteiger partial charge < -0.3 is 4.74 Å². The second-order valence-corrected chi connectivity index (χ2v) is 5.49. The lowest BCUT2D eigenvalue weighted by atomic mass is 10.1. The Labute approximate surface area is 153 Å². The van der Waals surface area contributed by atoms with Crippen molar-refractivity contribution in [2.24, 2.45) is 0 Å². The van der Waals surface area contributed by atoms with Crippen LogP contribution in [0.4, 0.5) is 26.3 Å². The molecule has 0 aliphatic rings. The van der Waals surface area contributed by atoms with Crippen LogP contribution in [0.1, 0.15) is 16.8 Å². The number of nitriles is 1. The summed E-state index contributed by atoms with van der Waals surface area (Å²) in [5, 5.41) is 18.2. The van der Waals surface area contributed by atoms with Gasteiger partial charge in [-0.05, 0) is 30.3 Å². The molecule has 0 aliphatic heterocycles. The largest absolute Gasteiger partial charge is 0.489 e. The Morgan fingerprint density at radius 3 is 2.43 bits per heavy atom. The molecule has 3 aromatic rings. The summed E-state index contributed by atoms with van der Waals surface area (Å²) < 4.78 is 85.2. The average molecular weight is 398 g/mol. The normalized spacial score (nSPS) is 11.3. The van der Waals surface area contributed by atoms with E-state index >= 15 is 0 Å². The van der Waals surface area contributed by atoms with E-state index < -0.39 is 47.1 Å². The highest BCUT2D eigenvalue weighted by atomic mass is 19.4. The smallest absolute Gasteiger partial charge is 0.416 e. The number of nitrogens with zero attached hydrogens (tertiary/aromatic N) is 3. The maximum atomic E-state index is 13.7. The number of benzene rings is 2. The number of nitrogens with one attached hydrogen (secondary N) is 1. The van der Waals surface area contributed by atoms with E-state index in [-0.39, 0.29) is 17.0 Å². The van der Waals surface area contributed by atoms with E-state index in [1.165, 1.54) is 0 Å². The number of alkyl halides is 3. The van der Waals surface area contributed by atoms with Crippen LogP contribution in [0.15, 0.2) is 30.3 Å². The van der Waals surface area contributed by atoms with Crippen molar-refractivity contribution in [1.29, 1.82) is 5.26 Å². The molecule has 0 radical (unpaired) electrons. The second-order valence-electron chi connectivity index (χ2n) is 5.49. The van der Waals surface area contributed by atoms with Crippen LogP contribution < -0.4 is 4.74 Å². The maximum Gasteiger partial charge on any atom is 0.416 e. The first-order valence-electron chi connectivity index (χ1n) is 7.49. The van der Waals surface area contributed by atoms with E-state index in [1.807, 2.05) is 0 Å². The summed E-state index contributed by atoms with van der Waals surface area (Å²) in [5.74, 6) is -4.37. The van der Waals surface area contributed by atoms with Gasteiger partial charge in [-0.3, -0.25) is 0 Å². The molecule has 0 unspecified atom stereocenters. The summed E-state index contributed by atoms with van der Waals surface area (Å²) in [6.07, 6.45) is -4.78. The second kappa shape index (κ2) is 7.22. The molecule has 0 saturated carbocycles. The molecule has 144 valence electrons. The molecule has 5 nitrogen and oxygen atoms in total. The lowest BCUT2D eigenvalue weighted by molar-refractivity contribution is -0.137. The van der Waals surface area contributed by atoms with E-state index in [0.717, 1.165) is 12.1 Å². The van der Waals surface area contributed by atoms with E-state index in [2.05, 4.69) is 15.4 Å². The monoisotopic (exact) mass is 398 g/mol. The van der Waals surface area contributed by atoms with Crippen molar-refractivity contribution in [3.8, 4) is 23.1 Å². The highest BCUT2D eigenvalue weighted by Gasteiger charge is 2.32. The molecule has 0 fully saturated rings. The van der Waals surface area contributed by atoms with Crippen LogP contribution in [-0.4, -0.2) is 15.4 Å². The zero-order chi connectivity index (χ0) is 20.5. The summed E-state index contributed by atoms with van der Waals surface area (Å²) in [7, 11) is 0. The van der Waals surface area contributed by atoms with E-state index in [9.17, 15) is 26.3 Å². The average Bonchev–Trinajstić information content (AvgIpc) is 3.13. The molecule has 28 heavy (non-hydrogen) atoms. The van der Waals surface area contributed by atoms with Gasteiger partial charge in [-0.15, -0.1) is 5.10 Å². The van der Waals surface area contributed by atoms with E-state index in [1.54, 1.807) is 6.07 Å².